The highest BCUT2D eigenvalue weighted by molar-refractivity contribution is 7.09. The second kappa shape index (κ2) is 6.18. The fourth-order valence-corrected chi connectivity index (χ4v) is 2.38. The van der Waals surface area contributed by atoms with Crippen molar-refractivity contribution in [3.8, 4) is 0 Å². The Bertz CT molecular complexity index is 553. The molecule has 0 amide bonds. The number of benzene rings is 1. The average Bonchev–Trinajstić information content (AvgIpc) is 2.88. The van der Waals surface area contributed by atoms with Gasteiger partial charge in [-0.15, -0.1) is 11.3 Å². The molecule has 0 atom stereocenters. The summed E-state index contributed by atoms with van der Waals surface area (Å²) in [5.74, 6) is -0.272. The first-order valence-electron chi connectivity index (χ1n) is 6.64. The van der Waals surface area contributed by atoms with Crippen LogP contribution in [0.5, 0.6) is 0 Å². The molecule has 4 heteroatoms. The maximum Gasteiger partial charge on any atom is 0.338 e. The lowest BCUT2D eigenvalue weighted by molar-refractivity contribution is 0.00695. The Kier molecular flexibility index (Phi) is 4.55. The van der Waals surface area contributed by atoms with E-state index in [1.807, 2.05) is 56.7 Å². The highest BCUT2D eigenvalue weighted by Gasteiger charge is 2.17. The van der Waals surface area contributed by atoms with Crippen molar-refractivity contribution in [1.82, 2.24) is 4.98 Å². The normalized spacial score (nSPS) is 11.3. The summed E-state index contributed by atoms with van der Waals surface area (Å²) in [5, 5.41) is 0. The van der Waals surface area contributed by atoms with Gasteiger partial charge in [0.15, 0.2) is 0 Å². The van der Waals surface area contributed by atoms with Crippen LogP contribution in [0, 0.1) is 0 Å². The standard InChI is InChI=1S/C16H19NO2S/c1-16(2,3)19-15(18)13-7-4-12(5-8-13)6-9-14-10-17-11-20-14/h4-5,7-8,10-11H,6,9H2,1-3H3. The highest BCUT2D eigenvalue weighted by atomic mass is 32.1. The summed E-state index contributed by atoms with van der Waals surface area (Å²) >= 11 is 1.67. The van der Waals surface area contributed by atoms with Crippen molar-refractivity contribution in [3.05, 3.63) is 52.0 Å². The lowest BCUT2D eigenvalue weighted by Gasteiger charge is -2.19. The van der Waals surface area contributed by atoms with Crippen molar-refractivity contribution in [3.63, 3.8) is 0 Å². The van der Waals surface area contributed by atoms with E-state index in [0.717, 1.165) is 12.8 Å². The molecule has 0 unspecified atom stereocenters. The average molecular weight is 289 g/mol. The van der Waals surface area contributed by atoms with Gasteiger partial charge in [-0.05, 0) is 51.3 Å². The van der Waals surface area contributed by atoms with Gasteiger partial charge in [-0.2, -0.15) is 0 Å². The Morgan fingerprint density at radius 2 is 1.90 bits per heavy atom. The molecule has 2 aromatic rings. The largest absolute Gasteiger partial charge is 0.456 e. The van der Waals surface area contributed by atoms with Crippen LogP contribution < -0.4 is 0 Å². The molecule has 0 spiro atoms. The monoisotopic (exact) mass is 289 g/mol. The number of rotatable bonds is 4. The van der Waals surface area contributed by atoms with E-state index < -0.39 is 5.60 Å². The molecule has 1 aromatic heterocycles. The van der Waals surface area contributed by atoms with Crippen molar-refractivity contribution >= 4 is 17.3 Å². The van der Waals surface area contributed by atoms with Gasteiger partial charge in [-0.3, -0.25) is 4.98 Å². The molecule has 0 fully saturated rings. The second-order valence-electron chi connectivity index (χ2n) is 5.67. The Hall–Kier alpha value is -1.68. The van der Waals surface area contributed by atoms with Gasteiger partial charge in [0, 0.05) is 11.1 Å². The summed E-state index contributed by atoms with van der Waals surface area (Å²) < 4.78 is 5.34. The van der Waals surface area contributed by atoms with Crippen LogP contribution in [0.3, 0.4) is 0 Å². The first-order valence-corrected chi connectivity index (χ1v) is 7.52. The second-order valence-corrected chi connectivity index (χ2v) is 6.64. The van der Waals surface area contributed by atoms with E-state index in [0.29, 0.717) is 5.56 Å². The molecule has 0 saturated heterocycles. The maximum atomic E-state index is 11.9. The first kappa shape index (κ1) is 14.7. The number of esters is 1. The molecule has 1 aromatic carbocycles. The fraction of sp³-hybridized carbons (Fsp3) is 0.375. The zero-order valence-electron chi connectivity index (χ0n) is 12.1. The lowest BCUT2D eigenvalue weighted by Crippen LogP contribution is -2.23. The van der Waals surface area contributed by atoms with Gasteiger partial charge < -0.3 is 4.74 Å². The van der Waals surface area contributed by atoms with E-state index in [9.17, 15) is 4.79 Å². The van der Waals surface area contributed by atoms with E-state index >= 15 is 0 Å². The maximum absolute atomic E-state index is 11.9. The van der Waals surface area contributed by atoms with E-state index in [1.54, 1.807) is 11.3 Å². The number of hydrogen-bond acceptors (Lipinski definition) is 4. The van der Waals surface area contributed by atoms with Crippen molar-refractivity contribution in [2.24, 2.45) is 0 Å². The van der Waals surface area contributed by atoms with Gasteiger partial charge in [-0.25, -0.2) is 4.79 Å². The van der Waals surface area contributed by atoms with Crippen LogP contribution in [-0.4, -0.2) is 16.6 Å². The van der Waals surface area contributed by atoms with Crippen molar-refractivity contribution in [2.45, 2.75) is 39.2 Å². The number of aryl methyl sites for hydroxylation is 2. The van der Waals surface area contributed by atoms with Crippen LogP contribution in [-0.2, 0) is 17.6 Å². The van der Waals surface area contributed by atoms with Crippen LogP contribution in [0.15, 0.2) is 36.0 Å². The molecule has 0 aliphatic carbocycles. The van der Waals surface area contributed by atoms with E-state index in [4.69, 9.17) is 4.74 Å². The molecule has 1 heterocycles. The summed E-state index contributed by atoms with van der Waals surface area (Å²) in [7, 11) is 0. The van der Waals surface area contributed by atoms with Crippen LogP contribution in [0.1, 0.15) is 41.6 Å². The Labute approximate surface area is 123 Å². The van der Waals surface area contributed by atoms with Gasteiger partial charge in [0.25, 0.3) is 0 Å². The number of nitrogens with zero attached hydrogens (tertiary/aromatic N) is 1. The van der Waals surface area contributed by atoms with Gasteiger partial charge in [0.05, 0.1) is 11.1 Å². The molecule has 106 valence electrons. The third kappa shape index (κ3) is 4.46. The topological polar surface area (TPSA) is 39.2 Å². The fourth-order valence-electron chi connectivity index (χ4n) is 1.78. The molecule has 0 radical (unpaired) electrons. The summed E-state index contributed by atoms with van der Waals surface area (Å²) in [6, 6.07) is 7.63. The Morgan fingerprint density at radius 1 is 1.20 bits per heavy atom. The van der Waals surface area contributed by atoms with Gasteiger partial charge in [-0.1, -0.05) is 12.1 Å². The number of hydrogen-bond donors (Lipinski definition) is 0. The molecule has 0 saturated carbocycles. The van der Waals surface area contributed by atoms with Crippen LogP contribution in [0.25, 0.3) is 0 Å². The summed E-state index contributed by atoms with van der Waals surface area (Å²) in [6.45, 7) is 5.61. The highest BCUT2D eigenvalue weighted by Crippen LogP contribution is 2.15. The molecule has 0 aliphatic rings. The first-order chi connectivity index (χ1) is 9.44. The minimum atomic E-state index is -0.456. The molecule has 20 heavy (non-hydrogen) atoms. The van der Waals surface area contributed by atoms with Crippen LogP contribution in [0.4, 0.5) is 0 Å². The summed E-state index contributed by atoms with van der Waals surface area (Å²) in [6.07, 6.45) is 3.84. The number of aromatic nitrogens is 1. The molecule has 3 nitrogen and oxygen atoms in total. The van der Waals surface area contributed by atoms with E-state index in [-0.39, 0.29) is 5.97 Å². The van der Waals surface area contributed by atoms with Crippen molar-refractivity contribution in [2.75, 3.05) is 0 Å². The summed E-state index contributed by atoms with van der Waals surface area (Å²) in [5.41, 5.74) is 3.20. The molecular formula is C16H19NO2S. The predicted octanol–water partition coefficient (Wildman–Crippen LogP) is 3.88. The molecule has 0 bridgehead atoms. The van der Waals surface area contributed by atoms with E-state index in [2.05, 4.69) is 4.98 Å². The number of thiazole rings is 1. The van der Waals surface area contributed by atoms with Crippen LogP contribution in [0.2, 0.25) is 0 Å². The molecule has 0 aliphatic heterocycles. The van der Waals surface area contributed by atoms with E-state index in [1.165, 1.54) is 10.4 Å². The third-order valence-electron chi connectivity index (χ3n) is 2.73. The SMILES string of the molecule is CC(C)(C)OC(=O)c1ccc(CCc2cncs2)cc1. The van der Waals surface area contributed by atoms with Gasteiger partial charge >= 0.3 is 5.97 Å². The minimum Gasteiger partial charge on any atom is -0.456 e. The van der Waals surface area contributed by atoms with Crippen molar-refractivity contribution < 1.29 is 9.53 Å². The van der Waals surface area contributed by atoms with Gasteiger partial charge in [0.2, 0.25) is 0 Å². The van der Waals surface area contributed by atoms with Crippen molar-refractivity contribution in [1.29, 1.82) is 0 Å². The molecule has 0 N–H and O–H groups in total. The molecule has 2 rings (SSSR count). The van der Waals surface area contributed by atoms with Gasteiger partial charge in [0.1, 0.15) is 5.60 Å². The quantitative estimate of drug-likeness (QED) is 0.802. The zero-order chi connectivity index (χ0) is 14.6. The number of ether oxygens (including phenoxy) is 1. The number of carbonyl (C=O) groups excluding carboxylic acids is 1. The Morgan fingerprint density at radius 3 is 2.45 bits per heavy atom. The number of carbonyl (C=O) groups is 1. The predicted molar refractivity (Wildman–Crippen MR) is 81.1 cm³/mol. The summed E-state index contributed by atoms with van der Waals surface area (Å²) in [4.78, 5) is 17.2. The molecular weight excluding hydrogens is 270 g/mol. The minimum absolute atomic E-state index is 0.272. The van der Waals surface area contributed by atoms with Crippen LogP contribution >= 0.6 is 11.3 Å². The third-order valence-corrected chi connectivity index (χ3v) is 3.57. The smallest absolute Gasteiger partial charge is 0.338 e. The zero-order valence-corrected chi connectivity index (χ0v) is 12.9. The lowest BCUT2D eigenvalue weighted by atomic mass is 10.1. The Balaban J connectivity index is 1.94.